The largest absolute Gasteiger partial charge is 0.371 e. The van der Waals surface area contributed by atoms with E-state index in [2.05, 4.69) is 11.8 Å². The van der Waals surface area contributed by atoms with Crippen molar-refractivity contribution in [3.8, 4) is 0 Å². The molecule has 164 valence electrons. The number of hydrogen-bond acceptors (Lipinski definition) is 2. The fourth-order valence-electron chi connectivity index (χ4n) is 13.2. The summed E-state index contributed by atoms with van der Waals surface area (Å²) in [7, 11) is 0. The monoisotopic (exact) mass is 424 g/mol. The molecule has 8 saturated carbocycles. The summed E-state index contributed by atoms with van der Waals surface area (Å²) in [5.41, 5.74) is 1.02. The van der Waals surface area contributed by atoms with E-state index >= 15 is 0 Å². The van der Waals surface area contributed by atoms with E-state index in [0.29, 0.717) is 21.9 Å². The van der Waals surface area contributed by atoms with E-state index in [9.17, 15) is 0 Å². The zero-order chi connectivity index (χ0) is 19.3. The van der Waals surface area contributed by atoms with E-state index in [1.54, 1.807) is 70.6 Å². The highest BCUT2D eigenvalue weighted by atomic mass is 32.2. The van der Waals surface area contributed by atoms with Gasteiger partial charge in [0.05, 0.1) is 11.7 Å². The van der Waals surface area contributed by atoms with Crippen LogP contribution in [-0.2, 0) is 4.74 Å². The van der Waals surface area contributed by atoms with Crippen molar-refractivity contribution in [3.05, 3.63) is 0 Å². The van der Waals surface area contributed by atoms with E-state index in [-0.39, 0.29) is 0 Å². The highest BCUT2D eigenvalue weighted by Gasteiger charge is 2.74. The van der Waals surface area contributed by atoms with Crippen molar-refractivity contribution < 1.29 is 4.74 Å². The van der Waals surface area contributed by atoms with Gasteiger partial charge in [0.15, 0.2) is 0 Å². The Bertz CT molecular complexity index is 701. The first kappa shape index (κ1) is 17.7. The van der Waals surface area contributed by atoms with Crippen molar-refractivity contribution >= 4 is 11.8 Å². The van der Waals surface area contributed by atoms with Gasteiger partial charge in [-0.15, -0.1) is 0 Å². The molecule has 0 amide bonds. The minimum absolute atomic E-state index is 0.309. The minimum Gasteiger partial charge on any atom is -0.371 e. The Morgan fingerprint density at radius 2 is 1.17 bits per heavy atom. The Hall–Kier alpha value is 0.310. The van der Waals surface area contributed by atoms with Crippen molar-refractivity contribution in [1.29, 1.82) is 0 Å². The summed E-state index contributed by atoms with van der Waals surface area (Å²) in [5.74, 6) is 8.36. The Balaban J connectivity index is 1.21. The van der Waals surface area contributed by atoms with Gasteiger partial charge in [0.25, 0.3) is 0 Å². The highest BCUT2D eigenvalue weighted by molar-refractivity contribution is 8.01. The van der Waals surface area contributed by atoms with Crippen LogP contribution in [0.25, 0.3) is 0 Å². The summed E-state index contributed by atoms with van der Waals surface area (Å²) >= 11 is 2.62. The molecule has 0 N–H and O–H groups in total. The molecule has 30 heavy (non-hydrogen) atoms. The Morgan fingerprint density at radius 1 is 0.567 bits per heavy atom. The zero-order valence-electron chi connectivity index (χ0n) is 18.7. The van der Waals surface area contributed by atoms with Crippen LogP contribution in [0.15, 0.2) is 0 Å². The van der Waals surface area contributed by atoms with Crippen LogP contribution in [0.5, 0.6) is 0 Å². The number of rotatable bonds is 2. The average molecular weight is 425 g/mol. The molecule has 4 aliphatic heterocycles. The molecule has 0 spiro atoms. The minimum atomic E-state index is 0.309. The molecule has 12 fully saturated rings. The lowest BCUT2D eigenvalue weighted by atomic mass is 9.39. The Labute approximate surface area is 187 Å². The first-order valence-corrected chi connectivity index (χ1v) is 14.8. The van der Waals surface area contributed by atoms with Gasteiger partial charge >= 0.3 is 0 Å². The van der Waals surface area contributed by atoms with Crippen LogP contribution in [0.1, 0.15) is 96.3 Å². The molecule has 0 aromatic rings. The number of ether oxygens (including phenoxy) is 1. The van der Waals surface area contributed by atoms with Crippen LogP contribution < -0.4 is 0 Å². The molecule has 4 heterocycles. The second-order valence-corrected chi connectivity index (χ2v) is 16.1. The third-order valence-electron chi connectivity index (χ3n) is 12.8. The third-order valence-corrected chi connectivity index (χ3v) is 14.8. The molecule has 4 saturated heterocycles. The molecule has 0 aromatic heterocycles. The van der Waals surface area contributed by atoms with Gasteiger partial charge in [-0.05, 0) is 143 Å². The highest BCUT2D eigenvalue weighted by Crippen LogP contribution is 2.78. The second-order valence-electron chi connectivity index (χ2n) is 14.5. The summed E-state index contributed by atoms with van der Waals surface area (Å²) in [4.78, 5) is 0. The van der Waals surface area contributed by atoms with E-state index in [1.165, 1.54) is 25.7 Å². The smallest absolute Gasteiger partial charge is 0.0735 e. The predicted molar refractivity (Wildman–Crippen MR) is 121 cm³/mol. The van der Waals surface area contributed by atoms with Gasteiger partial charge in [-0.25, -0.2) is 0 Å². The molecule has 7 atom stereocenters. The second kappa shape index (κ2) is 5.51. The molecule has 2 heteroatoms. The van der Waals surface area contributed by atoms with Crippen molar-refractivity contribution in [1.82, 2.24) is 0 Å². The maximum atomic E-state index is 7.31. The number of hydrogen-bond donors (Lipinski definition) is 0. The first-order chi connectivity index (χ1) is 14.6. The normalized spacial score (nSPS) is 68.8. The number of thioether (sulfide) groups is 1. The molecule has 1 nitrogen and oxygen atoms in total. The summed E-state index contributed by atoms with van der Waals surface area (Å²) < 4.78 is 7.93. The Kier molecular flexibility index (Phi) is 3.26. The van der Waals surface area contributed by atoms with Gasteiger partial charge in [-0.3, -0.25) is 0 Å². The van der Waals surface area contributed by atoms with Gasteiger partial charge in [-0.1, -0.05) is 0 Å². The summed E-state index contributed by atoms with van der Waals surface area (Å²) in [5, 5.41) is 1.01. The molecular weight excluding hydrogens is 384 g/mol. The van der Waals surface area contributed by atoms with Gasteiger partial charge in [0.2, 0.25) is 0 Å². The standard InChI is InChI=1S/C28H40OS/c1-16-2-18-3-17(1)11-26(10-16,12-18)28-15-21-5-22(9-24(8-21)30-28)25(28)27-13-19-4-20(14-27)7-23(6-19)29-27/h16-25H,1-15H2. The summed E-state index contributed by atoms with van der Waals surface area (Å²) in [6, 6.07) is 0. The molecular formula is C28H40OS. The molecule has 12 rings (SSSR count). The van der Waals surface area contributed by atoms with Crippen molar-refractivity contribution in [3.63, 3.8) is 0 Å². The van der Waals surface area contributed by atoms with E-state index in [0.717, 1.165) is 52.6 Å². The third kappa shape index (κ3) is 2.06. The van der Waals surface area contributed by atoms with Crippen LogP contribution in [0.3, 0.4) is 0 Å². The summed E-state index contributed by atoms with van der Waals surface area (Å²) in [6.45, 7) is 0. The van der Waals surface area contributed by atoms with Crippen LogP contribution in [0.2, 0.25) is 0 Å². The van der Waals surface area contributed by atoms with Crippen LogP contribution in [0, 0.1) is 52.8 Å². The Morgan fingerprint density at radius 3 is 1.77 bits per heavy atom. The lowest BCUT2D eigenvalue weighted by Crippen LogP contribution is -2.74. The maximum absolute atomic E-state index is 7.31. The lowest BCUT2D eigenvalue weighted by Gasteiger charge is -2.76. The van der Waals surface area contributed by atoms with E-state index < -0.39 is 0 Å². The molecule has 8 aliphatic carbocycles. The fraction of sp³-hybridized carbons (Fsp3) is 1.00. The van der Waals surface area contributed by atoms with Gasteiger partial charge in [-0.2, -0.15) is 11.8 Å². The zero-order valence-corrected chi connectivity index (χ0v) is 19.5. The van der Waals surface area contributed by atoms with Crippen molar-refractivity contribution in [2.75, 3.05) is 0 Å². The fourth-order valence-corrected chi connectivity index (χ4v) is 15.9. The molecule has 12 bridgehead atoms. The van der Waals surface area contributed by atoms with E-state index in [4.69, 9.17) is 4.74 Å². The van der Waals surface area contributed by atoms with Crippen LogP contribution >= 0.6 is 11.8 Å². The quantitative estimate of drug-likeness (QED) is 0.480. The molecule has 0 aromatic carbocycles. The summed E-state index contributed by atoms with van der Waals surface area (Å²) in [6.07, 6.45) is 24.0. The SMILES string of the molecule is C1C2CC3CC1CC(C1C4CC5CC(C4)SC1(C14CC6CC(CC(C6)C1)C4)C5)(C2)O3. The molecule has 7 unspecified atom stereocenters. The van der Waals surface area contributed by atoms with Gasteiger partial charge in [0, 0.05) is 15.9 Å². The molecule has 12 aliphatic rings. The predicted octanol–water partition coefficient (Wildman–Crippen LogP) is 6.84. The first-order valence-electron chi connectivity index (χ1n) is 14.0. The van der Waals surface area contributed by atoms with Crippen molar-refractivity contribution in [2.45, 2.75) is 118 Å². The maximum Gasteiger partial charge on any atom is 0.0735 e. The topological polar surface area (TPSA) is 9.23 Å². The van der Waals surface area contributed by atoms with Crippen LogP contribution in [-0.4, -0.2) is 21.7 Å². The van der Waals surface area contributed by atoms with Gasteiger partial charge < -0.3 is 4.74 Å². The molecule has 0 radical (unpaired) electrons. The van der Waals surface area contributed by atoms with Crippen LogP contribution in [0.4, 0.5) is 0 Å². The van der Waals surface area contributed by atoms with Gasteiger partial charge in [0.1, 0.15) is 0 Å². The van der Waals surface area contributed by atoms with E-state index in [1.807, 2.05) is 0 Å². The lowest BCUT2D eigenvalue weighted by molar-refractivity contribution is -0.274. The van der Waals surface area contributed by atoms with Crippen molar-refractivity contribution in [2.24, 2.45) is 52.8 Å². The average Bonchev–Trinajstić information content (AvgIpc) is 2.64.